The molecular formula is C23H31N3O2. The Kier molecular flexibility index (Phi) is 6.01. The smallest absolute Gasteiger partial charge is 0.254 e. The van der Waals surface area contributed by atoms with Crippen LogP contribution in [0.15, 0.2) is 41.0 Å². The van der Waals surface area contributed by atoms with Gasteiger partial charge in [0.15, 0.2) is 0 Å². The molecule has 0 aliphatic carbocycles. The number of anilines is 1. The van der Waals surface area contributed by atoms with Gasteiger partial charge < -0.3 is 19.5 Å². The van der Waals surface area contributed by atoms with Crippen LogP contribution in [-0.4, -0.2) is 43.0 Å². The average Bonchev–Trinajstić information content (AvgIpc) is 3.18. The number of likely N-dealkylation sites (tertiary alicyclic amines) is 1. The van der Waals surface area contributed by atoms with E-state index in [1.54, 1.807) is 12.3 Å². The van der Waals surface area contributed by atoms with Crippen molar-refractivity contribution in [2.75, 3.05) is 31.1 Å². The van der Waals surface area contributed by atoms with Crippen molar-refractivity contribution in [3.8, 4) is 0 Å². The summed E-state index contributed by atoms with van der Waals surface area (Å²) in [6, 6.07) is 10.7. The summed E-state index contributed by atoms with van der Waals surface area (Å²) >= 11 is 0. The van der Waals surface area contributed by atoms with Gasteiger partial charge in [-0.05, 0) is 57.0 Å². The van der Waals surface area contributed by atoms with E-state index in [4.69, 9.17) is 4.42 Å². The fourth-order valence-corrected chi connectivity index (χ4v) is 4.47. The fourth-order valence-electron chi connectivity index (χ4n) is 4.47. The van der Waals surface area contributed by atoms with Crippen LogP contribution in [0.5, 0.6) is 0 Å². The zero-order chi connectivity index (χ0) is 19.3. The first-order valence-electron chi connectivity index (χ1n) is 10.6. The lowest BCUT2D eigenvalue weighted by Crippen LogP contribution is -2.36. The molecule has 150 valence electrons. The molecule has 0 saturated carbocycles. The van der Waals surface area contributed by atoms with E-state index in [1.807, 2.05) is 0 Å². The Hall–Kier alpha value is -2.27. The largest absolute Gasteiger partial charge is 0.467 e. The molecule has 3 heterocycles. The number of amides is 1. The van der Waals surface area contributed by atoms with Crippen LogP contribution in [0.2, 0.25) is 0 Å². The van der Waals surface area contributed by atoms with E-state index < -0.39 is 0 Å². The highest BCUT2D eigenvalue weighted by atomic mass is 16.3. The number of para-hydroxylation sites is 1. The highest BCUT2D eigenvalue weighted by Crippen LogP contribution is 2.33. The molecule has 5 nitrogen and oxygen atoms in total. The molecule has 1 saturated heterocycles. The number of furan rings is 1. The van der Waals surface area contributed by atoms with E-state index in [2.05, 4.69) is 46.3 Å². The number of benzene rings is 1. The van der Waals surface area contributed by atoms with Crippen molar-refractivity contribution in [2.45, 2.75) is 51.6 Å². The van der Waals surface area contributed by atoms with Gasteiger partial charge in [-0.25, -0.2) is 0 Å². The number of hydrogen-bond acceptors (Lipinski definition) is 4. The van der Waals surface area contributed by atoms with Crippen molar-refractivity contribution in [1.29, 1.82) is 0 Å². The number of carbonyl (C=O) groups excluding carboxylic acids is 1. The lowest BCUT2D eigenvalue weighted by Gasteiger charge is -2.24. The Morgan fingerprint density at radius 1 is 1.14 bits per heavy atom. The van der Waals surface area contributed by atoms with Crippen LogP contribution < -0.4 is 10.2 Å². The van der Waals surface area contributed by atoms with E-state index in [0.717, 1.165) is 31.8 Å². The number of hydrogen-bond donors (Lipinski definition) is 1. The number of nitrogens with one attached hydrogen (secondary N) is 1. The zero-order valence-electron chi connectivity index (χ0n) is 16.8. The Balaban J connectivity index is 1.35. The fraction of sp³-hybridized carbons (Fsp3) is 0.522. The Labute approximate surface area is 167 Å². The second-order valence-electron chi connectivity index (χ2n) is 8.08. The summed E-state index contributed by atoms with van der Waals surface area (Å²) in [5, 5.41) is 3.09. The predicted octanol–water partition coefficient (Wildman–Crippen LogP) is 3.84. The second-order valence-corrected chi connectivity index (χ2v) is 8.08. The molecular weight excluding hydrogens is 350 g/mol. The maximum Gasteiger partial charge on any atom is 0.254 e. The second kappa shape index (κ2) is 8.82. The van der Waals surface area contributed by atoms with Crippen LogP contribution in [0.3, 0.4) is 0 Å². The predicted molar refractivity (Wildman–Crippen MR) is 112 cm³/mol. The van der Waals surface area contributed by atoms with Crippen LogP contribution in [0.4, 0.5) is 5.69 Å². The molecule has 28 heavy (non-hydrogen) atoms. The standard InChI is InChI=1S/C23H31N3O2/c1-18-16-19-8-4-5-9-21(19)26(18)17-22-20(10-15-28-22)23(27)24-11-14-25-12-6-2-3-7-13-25/h4-5,8-10,15,18H,2-3,6-7,11-14,16-17H2,1H3,(H,24,27). The minimum Gasteiger partial charge on any atom is -0.467 e. The van der Waals surface area contributed by atoms with E-state index in [0.29, 0.717) is 24.7 Å². The lowest BCUT2D eigenvalue weighted by atomic mass is 10.1. The first-order valence-corrected chi connectivity index (χ1v) is 10.6. The van der Waals surface area contributed by atoms with Crippen LogP contribution in [0, 0.1) is 0 Å². The van der Waals surface area contributed by atoms with Gasteiger partial charge in [-0.3, -0.25) is 4.79 Å². The van der Waals surface area contributed by atoms with Crippen molar-refractivity contribution in [1.82, 2.24) is 10.2 Å². The van der Waals surface area contributed by atoms with Crippen LogP contribution in [0.25, 0.3) is 0 Å². The quantitative estimate of drug-likeness (QED) is 0.826. The van der Waals surface area contributed by atoms with E-state index in [-0.39, 0.29) is 5.91 Å². The van der Waals surface area contributed by atoms with Crippen molar-refractivity contribution in [3.63, 3.8) is 0 Å². The Morgan fingerprint density at radius 2 is 1.93 bits per heavy atom. The molecule has 1 fully saturated rings. The highest BCUT2D eigenvalue weighted by Gasteiger charge is 2.28. The maximum atomic E-state index is 12.7. The molecule has 2 aliphatic rings. The van der Waals surface area contributed by atoms with Crippen LogP contribution >= 0.6 is 0 Å². The van der Waals surface area contributed by atoms with Gasteiger partial charge in [-0.15, -0.1) is 0 Å². The van der Waals surface area contributed by atoms with Crippen LogP contribution in [-0.2, 0) is 13.0 Å². The summed E-state index contributed by atoms with van der Waals surface area (Å²) in [5.74, 6) is 0.717. The maximum absolute atomic E-state index is 12.7. The zero-order valence-corrected chi connectivity index (χ0v) is 16.8. The highest BCUT2D eigenvalue weighted by molar-refractivity contribution is 5.95. The molecule has 1 atom stereocenters. The van der Waals surface area contributed by atoms with Crippen molar-refractivity contribution in [3.05, 3.63) is 53.5 Å². The molecule has 0 bridgehead atoms. The molecule has 0 spiro atoms. The SMILES string of the molecule is CC1Cc2ccccc2N1Cc1occc1C(=O)NCCN1CCCCCC1. The van der Waals surface area contributed by atoms with Crippen molar-refractivity contribution < 1.29 is 9.21 Å². The molecule has 1 unspecified atom stereocenters. The normalized spacial score (nSPS) is 20.0. The summed E-state index contributed by atoms with van der Waals surface area (Å²) in [6.07, 6.45) is 7.88. The third-order valence-electron chi connectivity index (χ3n) is 6.06. The molecule has 5 heteroatoms. The minimum atomic E-state index is -0.0290. The lowest BCUT2D eigenvalue weighted by molar-refractivity contribution is 0.0946. The van der Waals surface area contributed by atoms with Gasteiger partial charge in [0.1, 0.15) is 5.76 Å². The Bertz CT molecular complexity index is 793. The molecule has 1 aromatic heterocycles. The summed E-state index contributed by atoms with van der Waals surface area (Å²) in [7, 11) is 0. The summed E-state index contributed by atoms with van der Waals surface area (Å²) in [5.41, 5.74) is 3.27. The topological polar surface area (TPSA) is 48.7 Å². The van der Waals surface area contributed by atoms with Crippen molar-refractivity contribution >= 4 is 11.6 Å². The molecule has 4 rings (SSSR count). The molecule has 2 aromatic rings. The third-order valence-corrected chi connectivity index (χ3v) is 6.06. The summed E-state index contributed by atoms with van der Waals surface area (Å²) in [6.45, 7) is 6.77. The molecule has 1 N–H and O–H groups in total. The minimum absolute atomic E-state index is 0.0290. The van der Waals surface area contributed by atoms with Gasteiger partial charge in [-0.2, -0.15) is 0 Å². The van der Waals surface area contributed by atoms with Gasteiger partial charge >= 0.3 is 0 Å². The number of fused-ring (bicyclic) bond motifs is 1. The first-order chi connectivity index (χ1) is 13.7. The molecule has 0 radical (unpaired) electrons. The number of carbonyl (C=O) groups is 1. The number of nitrogens with zero attached hydrogens (tertiary/aromatic N) is 2. The van der Waals surface area contributed by atoms with Gasteiger partial charge in [-0.1, -0.05) is 31.0 Å². The molecule has 1 amide bonds. The molecule has 1 aromatic carbocycles. The van der Waals surface area contributed by atoms with E-state index in [9.17, 15) is 4.79 Å². The van der Waals surface area contributed by atoms with Gasteiger partial charge in [0.25, 0.3) is 5.91 Å². The van der Waals surface area contributed by atoms with Gasteiger partial charge in [0, 0.05) is 24.8 Å². The first kappa shape index (κ1) is 19.1. The van der Waals surface area contributed by atoms with E-state index >= 15 is 0 Å². The van der Waals surface area contributed by atoms with Crippen LogP contribution in [0.1, 0.15) is 54.3 Å². The third kappa shape index (κ3) is 4.25. The molecule has 2 aliphatic heterocycles. The Morgan fingerprint density at radius 3 is 2.75 bits per heavy atom. The van der Waals surface area contributed by atoms with Gasteiger partial charge in [0.05, 0.1) is 18.4 Å². The van der Waals surface area contributed by atoms with E-state index in [1.165, 1.54) is 36.9 Å². The summed E-state index contributed by atoms with van der Waals surface area (Å²) < 4.78 is 5.71. The van der Waals surface area contributed by atoms with Gasteiger partial charge in [0.2, 0.25) is 0 Å². The summed E-state index contributed by atoms with van der Waals surface area (Å²) in [4.78, 5) is 17.5. The monoisotopic (exact) mass is 381 g/mol. The average molecular weight is 382 g/mol. The van der Waals surface area contributed by atoms with Crippen molar-refractivity contribution in [2.24, 2.45) is 0 Å². The number of rotatable bonds is 6.